The summed E-state index contributed by atoms with van der Waals surface area (Å²) in [5.41, 5.74) is 0.335. The molecule has 0 saturated heterocycles. The van der Waals surface area contributed by atoms with Crippen LogP contribution in [0.3, 0.4) is 0 Å². The Morgan fingerprint density at radius 2 is 1.48 bits per heavy atom. The number of nitrogens with one attached hydrogen (secondary N) is 1. The van der Waals surface area contributed by atoms with Crippen molar-refractivity contribution in [1.29, 1.82) is 0 Å². The van der Waals surface area contributed by atoms with Crippen LogP contribution in [-0.2, 0) is 9.59 Å². The molecule has 0 spiro atoms. The average Bonchev–Trinajstić information content (AvgIpc) is 2.84. The highest BCUT2D eigenvalue weighted by atomic mass is 16.3. The smallest absolute Gasteiger partial charge is 0.254 e. The number of nitrogens with zero attached hydrogens (tertiary/aromatic N) is 1. The lowest BCUT2D eigenvalue weighted by atomic mass is 9.92. The third-order valence-electron chi connectivity index (χ3n) is 5.52. The third-order valence-corrected chi connectivity index (χ3v) is 5.52. The highest BCUT2D eigenvalue weighted by Crippen LogP contribution is 2.19. The normalized spacial score (nSPS) is 14.2. The van der Waals surface area contributed by atoms with Crippen LogP contribution < -0.4 is 5.32 Å². The molecule has 0 saturated carbocycles. The molecule has 0 bridgehead atoms. The van der Waals surface area contributed by atoms with Gasteiger partial charge in [-0.05, 0) is 55.8 Å². The Bertz CT molecular complexity index is 1050. The van der Waals surface area contributed by atoms with E-state index in [1.807, 2.05) is 0 Å². The predicted octanol–water partition coefficient (Wildman–Crippen LogP) is 0.639. The van der Waals surface area contributed by atoms with E-state index in [-0.39, 0.29) is 5.56 Å². The average molecular weight is 453 g/mol. The fourth-order valence-corrected chi connectivity index (χ4v) is 3.14. The van der Waals surface area contributed by atoms with Crippen LogP contribution in [0.1, 0.15) is 47.0 Å². The molecule has 2 amide bonds. The SMILES string of the molecule is CNC(=O)[C@@](C)(C(=O)CO)N(C)C(=O)c1ccc(C#Cc2ccc([C@H](O)[C@H](C)O)cc2)cc1. The summed E-state index contributed by atoms with van der Waals surface area (Å²) in [5, 5.41) is 31.0. The predicted molar refractivity (Wildman–Crippen MR) is 122 cm³/mol. The molecule has 8 nitrogen and oxygen atoms in total. The summed E-state index contributed by atoms with van der Waals surface area (Å²) in [7, 11) is 2.68. The van der Waals surface area contributed by atoms with E-state index in [4.69, 9.17) is 0 Å². The van der Waals surface area contributed by atoms with E-state index < -0.39 is 42.0 Å². The van der Waals surface area contributed by atoms with E-state index >= 15 is 0 Å². The Morgan fingerprint density at radius 1 is 1.00 bits per heavy atom. The summed E-state index contributed by atoms with van der Waals surface area (Å²) in [6.45, 7) is 1.91. The number of Topliss-reactive ketones (excluding diaryl/α,β-unsaturated/α-hetero) is 1. The van der Waals surface area contributed by atoms with E-state index in [1.165, 1.54) is 27.9 Å². The van der Waals surface area contributed by atoms with Crippen LogP contribution in [0, 0.1) is 11.8 Å². The number of benzene rings is 2. The lowest BCUT2D eigenvalue weighted by Gasteiger charge is -2.35. The molecule has 0 radical (unpaired) electrons. The Hall–Kier alpha value is -3.51. The van der Waals surface area contributed by atoms with Gasteiger partial charge >= 0.3 is 0 Å². The standard InChI is InChI=1S/C25H28N2O6/c1-16(29)22(31)19-11-7-17(8-12-19)5-6-18-9-13-20(14-10-18)23(32)27(4)25(2,21(30)15-28)24(33)26-3/h7-14,16,22,28-29,31H,15H2,1-4H3,(H,26,33)/t16-,22+,25+/m0/s1. The van der Waals surface area contributed by atoms with Gasteiger partial charge in [-0.25, -0.2) is 0 Å². The number of ketones is 1. The van der Waals surface area contributed by atoms with Gasteiger partial charge in [-0.1, -0.05) is 24.0 Å². The van der Waals surface area contributed by atoms with Gasteiger partial charge in [-0.3, -0.25) is 14.4 Å². The molecule has 0 aromatic heterocycles. The van der Waals surface area contributed by atoms with Crippen molar-refractivity contribution < 1.29 is 29.7 Å². The van der Waals surface area contributed by atoms with Gasteiger partial charge in [0.25, 0.3) is 11.8 Å². The molecule has 4 N–H and O–H groups in total. The lowest BCUT2D eigenvalue weighted by Crippen LogP contribution is -2.62. The zero-order valence-corrected chi connectivity index (χ0v) is 19.0. The molecule has 3 atom stereocenters. The van der Waals surface area contributed by atoms with Crippen LogP contribution >= 0.6 is 0 Å². The van der Waals surface area contributed by atoms with Crippen molar-refractivity contribution in [2.24, 2.45) is 0 Å². The second-order valence-corrected chi connectivity index (χ2v) is 7.73. The first-order valence-electron chi connectivity index (χ1n) is 10.3. The first-order chi connectivity index (χ1) is 15.6. The quantitative estimate of drug-likeness (QED) is 0.361. The van der Waals surface area contributed by atoms with Crippen molar-refractivity contribution in [3.05, 3.63) is 70.8 Å². The van der Waals surface area contributed by atoms with Crippen LogP contribution in [0.15, 0.2) is 48.5 Å². The van der Waals surface area contributed by atoms with Crippen LogP contribution in [0.4, 0.5) is 0 Å². The highest BCUT2D eigenvalue weighted by molar-refractivity contribution is 6.14. The molecule has 2 aromatic rings. The second-order valence-electron chi connectivity index (χ2n) is 7.73. The molecule has 0 fully saturated rings. The van der Waals surface area contributed by atoms with Crippen LogP contribution in [0.25, 0.3) is 0 Å². The summed E-state index contributed by atoms with van der Waals surface area (Å²) in [5.74, 6) is 3.90. The van der Waals surface area contributed by atoms with Crippen LogP contribution in [-0.4, -0.2) is 70.2 Å². The first kappa shape index (κ1) is 25.7. The van der Waals surface area contributed by atoms with Gasteiger partial charge in [0.15, 0.2) is 11.3 Å². The highest BCUT2D eigenvalue weighted by Gasteiger charge is 2.46. The molecule has 0 aliphatic carbocycles. The molecule has 0 unspecified atom stereocenters. The largest absolute Gasteiger partial charge is 0.390 e. The van der Waals surface area contributed by atoms with E-state index in [2.05, 4.69) is 17.2 Å². The maximum atomic E-state index is 12.9. The molecule has 2 rings (SSSR count). The summed E-state index contributed by atoms with van der Waals surface area (Å²) in [6.07, 6.45) is -1.84. The summed E-state index contributed by atoms with van der Waals surface area (Å²) in [4.78, 5) is 38.4. The molecule has 0 heterocycles. The van der Waals surface area contributed by atoms with E-state index in [9.17, 15) is 29.7 Å². The number of amides is 2. The maximum absolute atomic E-state index is 12.9. The first-order valence-corrected chi connectivity index (χ1v) is 10.3. The van der Waals surface area contributed by atoms with Gasteiger partial charge in [0.05, 0.1) is 6.10 Å². The summed E-state index contributed by atoms with van der Waals surface area (Å²) < 4.78 is 0. The van der Waals surface area contributed by atoms with Crippen LogP contribution in [0.5, 0.6) is 0 Å². The molecular weight excluding hydrogens is 424 g/mol. The Balaban J connectivity index is 2.19. The van der Waals surface area contributed by atoms with E-state index in [0.717, 1.165) is 4.90 Å². The topological polar surface area (TPSA) is 127 Å². The number of aliphatic hydroxyl groups is 3. The lowest BCUT2D eigenvalue weighted by molar-refractivity contribution is -0.143. The van der Waals surface area contributed by atoms with Gasteiger partial charge in [0.1, 0.15) is 12.7 Å². The zero-order chi connectivity index (χ0) is 24.8. The number of carbonyl (C=O) groups is 3. The van der Waals surface area contributed by atoms with Crippen molar-refractivity contribution in [1.82, 2.24) is 10.2 Å². The number of aliphatic hydroxyl groups excluding tert-OH is 3. The van der Waals surface area contributed by atoms with Crippen molar-refractivity contribution in [3.8, 4) is 11.8 Å². The van der Waals surface area contributed by atoms with Gasteiger partial charge in [-0.2, -0.15) is 0 Å². The molecule has 33 heavy (non-hydrogen) atoms. The minimum absolute atomic E-state index is 0.250. The fraction of sp³-hybridized carbons (Fsp3) is 0.320. The van der Waals surface area contributed by atoms with Gasteiger partial charge in [-0.15, -0.1) is 0 Å². The molecule has 0 aliphatic heterocycles. The Morgan fingerprint density at radius 3 is 1.91 bits per heavy atom. The third kappa shape index (κ3) is 5.65. The monoisotopic (exact) mass is 452 g/mol. The minimum atomic E-state index is -1.85. The number of rotatable bonds is 7. The fourth-order valence-electron chi connectivity index (χ4n) is 3.14. The Kier molecular flexibility index (Phi) is 8.49. The van der Waals surface area contributed by atoms with Gasteiger partial charge in [0, 0.05) is 30.8 Å². The van der Waals surface area contributed by atoms with Crippen molar-refractivity contribution in [2.45, 2.75) is 31.6 Å². The zero-order valence-electron chi connectivity index (χ0n) is 19.0. The maximum Gasteiger partial charge on any atom is 0.254 e. The van der Waals surface area contributed by atoms with Gasteiger partial charge < -0.3 is 25.5 Å². The molecule has 2 aromatic carbocycles. The van der Waals surface area contributed by atoms with Crippen molar-refractivity contribution in [2.75, 3.05) is 20.7 Å². The van der Waals surface area contributed by atoms with Crippen molar-refractivity contribution in [3.63, 3.8) is 0 Å². The number of carbonyl (C=O) groups excluding carboxylic acids is 3. The molecule has 0 aliphatic rings. The second kappa shape index (κ2) is 10.9. The van der Waals surface area contributed by atoms with Crippen molar-refractivity contribution >= 4 is 17.6 Å². The van der Waals surface area contributed by atoms with Gasteiger partial charge in [0.2, 0.25) is 0 Å². The summed E-state index contributed by atoms with van der Waals surface area (Å²) >= 11 is 0. The van der Waals surface area contributed by atoms with E-state index in [0.29, 0.717) is 16.7 Å². The molecule has 174 valence electrons. The Labute approximate surface area is 192 Å². The molecular formula is C25H28N2O6. The minimum Gasteiger partial charge on any atom is -0.390 e. The number of hydrogen-bond donors (Lipinski definition) is 4. The van der Waals surface area contributed by atoms with E-state index in [1.54, 1.807) is 48.5 Å². The number of hydrogen-bond acceptors (Lipinski definition) is 6. The molecule has 8 heteroatoms. The number of likely N-dealkylation sites (N-methyl/N-ethyl adjacent to an activating group) is 2. The summed E-state index contributed by atoms with van der Waals surface area (Å²) in [6, 6.07) is 13.2. The van der Waals surface area contributed by atoms with Crippen LogP contribution in [0.2, 0.25) is 0 Å².